The molecule has 1 N–H and O–H groups in total. The van der Waals surface area contributed by atoms with Crippen LogP contribution in [0.4, 0.5) is 0 Å². The number of hydrogen-bond acceptors (Lipinski definition) is 6. The van der Waals surface area contributed by atoms with E-state index in [2.05, 4.69) is 14.9 Å². The first-order chi connectivity index (χ1) is 13.6. The standard InChI is InChI=1S/C21H20ClN3O3/c1-27-21-23-10-14(11-24-21)12-25-5-6-28-20-17(13-25)7-16(9-19(20)26)15-3-2-4-18(22)8-15/h2-4,7-11,26H,5-6,12-13H2,1H3. The molecule has 2 aromatic carbocycles. The molecule has 0 amide bonds. The zero-order chi connectivity index (χ0) is 19.5. The Hall–Kier alpha value is -2.83. The van der Waals surface area contributed by atoms with Gasteiger partial charge in [0.1, 0.15) is 6.61 Å². The lowest BCUT2D eigenvalue weighted by Gasteiger charge is -2.19. The summed E-state index contributed by atoms with van der Waals surface area (Å²) < 4.78 is 10.8. The fourth-order valence-electron chi connectivity index (χ4n) is 3.31. The minimum atomic E-state index is 0.141. The van der Waals surface area contributed by atoms with Crippen LogP contribution in [-0.4, -0.2) is 40.2 Å². The van der Waals surface area contributed by atoms with Crippen LogP contribution in [-0.2, 0) is 13.1 Å². The van der Waals surface area contributed by atoms with Crippen LogP contribution < -0.4 is 9.47 Å². The third kappa shape index (κ3) is 4.03. The predicted molar refractivity (Wildman–Crippen MR) is 107 cm³/mol. The number of aromatic hydroxyl groups is 1. The van der Waals surface area contributed by atoms with Crippen LogP contribution >= 0.6 is 11.6 Å². The van der Waals surface area contributed by atoms with Gasteiger partial charge in [-0.3, -0.25) is 4.90 Å². The molecule has 1 aliphatic heterocycles. The van der Waals surface area contributed by atoms with Crippen LogP contribution in [0, 0.1) is 0 Å². The minimum absolute atomic E-state index is 0.141. The maximum Gasteiger partial charge on any atom is 0.316 e. The second-order valence-corrected chi connectivity index (χ2v) is 7.07. The van der Waals surface area contributed by atoms with Crippen molar-refractivity contribution in [2.75, 3.05) is 20.3 Å². The molecule has 0 saturated carbocycles. The van der Waals surface area contributed by atoms with E-state index in [-0.39, 0.29) is 5.75 Å². The molecule has 0 unspecified atom stereocenters. The van der Waals surface area contributed by atoms with Gasteiger partial charge in [0.25, 0.3) is 0 Å². The minimum Gasteiger partial charge on any atom is -0.504 e. The average molecular weight is 398 g/mol. The van der Waals surface area contributed by atoms with Gasteiger partial charge in [-0.05, 0) is 35.4 Å². The number of hydrogen-bond donors (Lipinski definition) is 1. The summed E-state index contributed by atoms with van der Waals surface area (Å²) in [7, 11) is 1.54. The lowest BCUT2D eigenvalue weighted by Crippen LogP contribution is -2.25. The molecular formula is C21H20ClN3O3. The van der Waals surface area contributed by atoms with E-state index in [4.69, 9.17) is 21.1 Å². The molecule has 144 valence electrons. The predicted octanol–water partition coefficient (Wildman–Crippen LogP) is 3.91. The van der Waals surface area contributed by atoms with Crippen molar-refractivity contribution in [2.24, 2.45) is 0 Å². The van der Waals surface area contributed by atoms with Crippen molar-refractivity contribution < 1.29 is 14.6 Å². The first-order valence-corrected chi connectivity index (χ1v) is 9.32. The molecule has 1 aliphatic rings. The summed E-state index contributed by atoms with van der Waals surface area (Å²) in [5.74, 6) is 0.682. The van der Waals surface area contributed by atoms with Crippen LogP contribution in [0.15, 0.2) is 48.8 Å². The normalized spacial score (nSPS) is 14.1. The van der Waals surface area contributed by atoms with E-state index >= 15 is 0 Å². The lowest BCUT2D eigenvalue weighted by atomic mass is 10.0. The third-order valence-electron chi connectivity index (χ3n) is 4.62. The Bertz CT molecular complexity index is 979. The quantitative estimate of drug-likeness (QED) is 0.720. The number of ether oxygens (including phenoxy) is 2. The van der Waals surface area contributed by atoms with Crippen molar-refractivity contribution in [3.05, 3.63) is 64.9 Å². The van der Waals surface area contributed by atoms with Gasteiger partial charge in [0, 0.05) is 48.2 Å². The van der Waals surface area contributed by atoms with Gasteiger partial charge in [-0.25, -0.2) is 9.97 Å². The monoisotopic (exact) mass is 397 g/mol. The maximum absolute atomic E-state index is 10.5. The Morgan fingerprint density at radius 3 is 2.75 bits per heavy atom. The topological polar surface area (TPSA) is 67.7 Å². The highest BCUT2D eigenvalue weighted by atomic mass is 35.5. The van der Waals surface area contributed by atoms with E-state index in [0.717, 1.165) is 28.8 Å². The Kier molecular flexibility index (Phi) is 5.32. The molecule has 4 rings (SSSR count). The molecule has 6 nitrogen and oxygen atoms in total. The van der Waals surface area contributed by atoms with Gasteiger partial charge in [-0.1, -0.05) is 23.7 Å². The molecule has 0 radical (unpaired) electrons. The molecule has 0 saturated heterocycles. The van der Waals surface area contributed by atoms with Crippen molar-refractivity contribution >= 4 is 11.6 Å². The summed E-state index contributed by atoms with van der Waals surface area (Å²) in [4.78, 5) is 10.6. The molecular weight excluding hydrogens is 378 g/mol. The van der Waals surface area contributed by atoms with E-state index in [1.165, 1.54) is 0 Å². The number of aromatic nitrogens is 2. The zero-order valence-corrected chi connectivity index (χ0v) is 16.2. The number of methoxy groups -OCH3 is 1. The molecule has 0 aliphatic carbocycles. The van der Waals surface area contributed by atoms with Gasteiger partial charge in [-0.15, -0.1) is 0 Å². The van der Waals surface area contributed by atoms with Crippen molar-refractivity contribution in [1.29, 1.82) is 0 Å². The Balaban J connectivity index is 1.60. The third-order valence-corrected chi connectivity index (χ3v) is 4.86. The van der Waals surface area contributed by atoms with Crippen molar-refractivity contribution in [3.8, 4) is 28.6 Å². The Morgan fingerprint density at radius 1 is 1.18 bits per heavy atom. The van der Waals surface area contributed by atoms with E-state index in [0.29, 0.717) is 36.5 Å². The number of phenols is 1. The van der Waals surface area contributed by atoms with E-state index in [9.17, 15) is 5.11 Å². The number of rotatable bonds is 4. The summed E-state index contributed by atoms with van der Waals surface area (Å²) >= 11 is 6.12. The summed E-state index contributed by atoms with van der Waals surface area (Å²) in [6, 6.07) is 11.7. The van der Waals surface area contributed by atoms with Gasteiger partial charge in [0.15, 0.2) is 11.5 Å². The van der Waals surface area contributed by atoms with Gasteiger partial charge in [0.2, 0.25) is 0 Å². The van der Waals surface area contributed by atoms with Crippen molar-refractivity contribution in [3.63, 3.8) is 0 Å². The van der Waals surface area contributed by atoms with E-state index in [1.807, 2.05) is 30.3 Å². The second kappa shape index (κ2) is 8.04. The summed E-state index contributed by atoms with van der Waals surface area (Å²) in [5, 5.41) is 11.2. The largest absolute Gasteiger partial charge is 0.504 e. The summed E-state index contributed by atoms with van der Waals surface area (Å²) in [6.07, 6.45) is 3.52. The zero-order valence-electron chi connectivity index (χ0n) is 15.4. The number of phenolic OH excluding ortho intramolecular Hbond substituents is 1. The van der Waals surface area contributed by atoms with Gasteiger partial charge in [-0.2, -0.15) is 0 Å². The second-order valence-electron chi connectivity index (χ2n) is 6.63. The molecule has 2 heterocycles. The van der Waals surface area contributed by atoms with E-state index in [1.54, 1.807) is 25.6 Å². The van der Waals surface area contributed by atoms with Crippen LogP contribution in [0.3, 0.4) is 0 Å². The SMILES string of the molecule is COc1ncc(CN2CCOc3c(O)cc(-c4cccc(Cl)c4)cc3C2)cn1. The smallest absolute Gasteiger partial charge is 0.316 e. The number of fused-ring (bicyclic) bond motifs is 1. The van der Waals surface area contributed by atoms with Crippen LogP contribution in [0.1, 0.15) is 11.1 Å². The summed E-state index contributed by atoms with van der Waals surface area (Å²) in [5.41, 5.74) is 3.77. The molecule has 1 aromatic heterocycles. The van der Waals surface area contributed by atoms with Gasteiger partial charge in [0.05, 0.1) is 7.11 Å². The van der Waals surface area contributed by atoms with Crippen LogP contribution in [0.5, 0.6) is 17.5 Å². The number of halogens is 1. The number of benzene rings is 2. The van der Waals surface area contributed by atoms with Gasteiger partial charge >= 0.3 is 6.01 Å². The number of nitrogens with zero attached hydrogens (tertiary/aromatic N) is 3. The molecule has 7 heteroatoms. The molecule has 3 aromatic rings. The molecule has 0 bridgehead atoms. The lowest BCUT2D eigenvalue weighted by molar-refractivity contribution is 0.216. The highest BCUT2D eigenvalue weighted by Crippen LogP contribution is 2.38. The fraction of sp³-hybridized carbons (Fsp3) is 0.238. The summed E-state index contributed by atoms with van der Waals surface area (Å²) in [6.45, 7) is 2.54. The molecule has 28 heavy (non-hydrogen) atoms. The molecule has 0 atom stereocenters. The fourth-order valence-corrected chi connectivity index (χ4v) is 3.50. The van der Waals surface area contributed by atoms with E-state index < -0.39 is 0 Å². The van der Waals surface area contributed by atoms with Crippen molar-refractivity contribution in [1.82, 2.24) is 14.9 Å². The first-order valence-electron chi connectivity index (χ1n) is 8.94. The van der Waals surface area contributed by atoms with Crippen LogP contribution in [0.2, 0.25) is 5.02 Å². The highest BCUT2D eigenvalue weighted by molar-refractivity contribution is 6.30. The Labute approximate surface area is 168 Å². The van der Waals surface area contributed by atoms with Gasteiger partial charge < -0.3 is 14.6 Å². The first kappa shape index (κ1) is 18.5. The highest BCUT2D eigenvalue weighted by Gasteiger charge is 2.20. The van der Waals surface area contributed by atoms with Crippen LogP contribution in [0.25, 0.3) is 11.1 Å². The molecule has 0 fully saturated rings. The maximum atomic E-state index is 10.5. The molecule has 0 spiro atoms. The van der Waals surface area contributed by atoms with Crippen molar-refractivity contribution in [2.45, 2.75) is 13.1 Å². The Morgan fingerprint density at radius 2 is 2.00 bits per heavy atom. The average Bonchev–Trinajstić information content (AvgIpc) is 2.91.